The molecule has 4 saturated carbocycles. The number of thiophene rings is 1. The standard InChI is InChI=1S/C18H22OS/c1-12-4-5-20-16(12)2-3-17(19)18-9-13-6-14(10-18)8-15(7-13)11-18/h2-5,13-15H,6-11H2,1H3/b3-2+. The summed E-state index contributed by atoms with van der Waals surface area (Å²) in [6.45, 7) is 2.12. The molecule has 4 bridgehead atoms. The van der Waals surface area contributed by atoms with Crippen LogP contribution in [0.3, 0.4) is 0 Å². The molecule has 0 amide bonds. The summed E-state index contributed by atoms with van der Waals surface area (Å²) in [7, 11) is 0. The first-order chi connectivity index (χ1) is 9.64. The van der Waals surface area contributed by atoms with Crippen molar-refractivity contribution in [3.8, 4) is 0 Å². The third kappa shape index (κ3) is 2.00. The highest BCUT2D eigenvalue weighted by atomic mass is 32.1. The van der Waals surface area contributed by atoms with E-state index in [-0.39, 0.29) is 5.41 Å². The number of ketones is 1. The van der Waals surface area contributed by atoms with Crippen molar-refractivity contribution in [2.24, 2.45) is 23.2 Å². The molecule has 0 unspecified atom stereocenters. The molecule has 0 radical (unpaired) electrons. The van der Waals surface area contributed by atoms with Crippen LogP contribution in [-0.4, -0.2) is 5.78 Å². The van der Waals surface area contributed by atoms with Gasteiger partial charge < -0.3 is 0 Å². The van der Waals surface area contributed by atoms with Gasteiger partial charge in [0.1, 0.15) is 0 Å². The van der Waals surface area contributed by atoms with E-state index in [1.807, 2.05) is 6.08 Å². The average Bonchev–Trinajstić information content (AvgIpc) is 2.80. The highest BCUT2D eigenvalue weighted by molar-refractivity contribution is 7.11. The summed E-state index contributed by atoms with van der Waals surface area (Å²) in [5.41, 5.74) is 1.31. The summed E-state index contributed by atoms with van der Waals surface area (Å²) in [5, 5.41) is 2.10. The van der Waals surface area contributed by atoms with Gasteiger partial charge in [-0.2, -0.15) is 0 Å². The Morgan fingerprint density at radius 1 is 1.20 bits per heavy atom. The van der Waals surface area contributed by atoms with E-state index >= 15 is 0 Å². The number of rotatable bonds is 3. The third-order valence-electron chi connectivity index (χ3n) is 5.85. The molecular formula is C18H22OS. The first-order valence-electron chi connectivity index (χ1n) is 7.91. The van der Waals surface area contributed by atoms with E-state index in [0.717, 1.165) is 17.8 Å². The molecule has 20 heavy (non-hydrogen) atoms. The van der Waals surface area contributed by atoms with Crippen LogP contribution in [0.15, 0.2) is 17.5 Å². The van der Waals surface area contributed by atoms with Gasteiger partial charge in [0.05, 0.1) is 0 Å². The Labute approximate surface area is 125 Å². The number of aryl methyl sites for hydroxylation is 1. The summed E-state index contributed by atoms with van der Waals surface area (Å²) in [5.74, 6) is 2.97. The van der Waals surface area contributed by atoms with Crippen molar-refractivity contribution in [2.75, 3.05) is 0 Å². The molecule has 0 atom stereocenters. The Kier molecular flexibility index (Phi) is 2.92. The van der Waals surface area contributed by atoms with Gasteiger partial charge in [-0.05, 0) is 92.4 Å². The van der Waals surface area contributed by atoms with E-state index in [1.165, 1.54) is 49.0 Å². The number of carbonyl (C=O) groups is 1. The second-order valence-corrected chi connectivity index (χ2v) is 8.31. The SMILES string of the molecule is Cc1ccsc1/C=C/C(=O)C12CC3CC(CC(C3)C1)C2. The van der Waals surface area contributed by atoms with E-state index < -0.39 is 0 Å². The zero-order valence-corrected chi connectivity index (χ0v) is 12.9. The fraction of sp³-hybridized carbons (Fsp3) is 0.611. The normalized spacial score (nSPS) is 38.8. The predicted octanol–water partition coefficient (Wildman–Crippen LogP) is 4.86. The molecule has 1 heterocycles. The second kappa shape index (κ2) is 4.56. The van der Waals surface area contributed by atoms with Crippen LogP contribution in [0.5, 0.6) is 0 Å². The Morgan fingerprint density at radius 3 is 2.30 bits per heavy atom. The number of hydrogen-bond donors (Lipinski definition) is 0. The lowest BCUT2D eigenvalue weighted by Crippen LogP contribution is -2.49. The molecule has 4 fully saturated rings. The van der Waals surface area contributed by atoms with Gasteiger partial charge in [-0.15, -0.1) is 11.3 Å². The molecule has 1 nitrogen and oxygen atoms in total. The van der Waals surface area contributed by atoms with E-state index in [0.29, 0.717) is 5.78 Å². The first-order valence-corrected chi connectivity index (χ1v) is 8.79. The molecule has 4 aliphatic carbocycles. The van der Waals surface area contributed by atoms with Crippen LogP contribution in [0.25, 0.3) is 6.08 Å². The lowest BCUT2D eigenvalue weighted by Gasteiger charge is -2.55. The van der Waals surface area contributed by atoms with Gasteiger partial charge in [0.25, 0.3) is 0 Å². The third-order valence-corrected chi connectivity index (χ3v) is 6.83. The van der Waals surface area contributed by atoms with E-state index in [9.17, 15) is 4.79 Å². The molecule has 1 aromatic heterocycles. The molecule has 0 aliphatic heterocycles. The number of hydrogen-bond acceptors (Lipinski definition) is 2. The maximum atomic E-state index is 12.8. The molecule has 5 rings (SSSR count). The van der Waals surface area contributed by atoms with Crippen molar-refractivity contribution < 1.29 is 4.79 Å². The summed E-state index contributed by atoms with van der Waals surface area (Å²) < 4.78 is 0. The highest BCUT2D eigenvalue weighted by Gasteiger charge is 2.53. The maximum absolute atomic E-state index is 12.8. The summed E-state index contributed by atoms with van der Waals surface area (Å²) in [6.07, 6.45) is 11.7. The average molecular weight is 286 g/mol. The zero-order chi connectivity index (χ0) is 13.7. The van der Waals surface area contributed by atoms with Crippen molar-refractivity contribution in [3.63, 3.8) is 0 Å². The van der Waals surface area contributed by atoms with Gasteiger partial charge in [-0.3, -0.25) is 4.79 Å². The van der Waals surface area contributed by atoms with Gasteiger partial charge in [-0.25, -0.2) is 0 Å². The van der Waals surface area contributed by atoms with Crippen molar-refractivity contribution in [1.29, 1.82) is 0 Å². The lowest BCUT2D eigenvalue weighted by molar-refractivity contribution is -0.138. The van der Waals surface area contributed by atoms with Crippen molar-refractivity contribution in [3.05, 3.63) is 28.0 Å². The molecule has 106 valence electrons. The van der Waals surface area contributed by atoms with Crippen LogP contribution in [0.2, 0.25) is 0 Å². The Balaban J connectivity index is 1.56. The molecule has 0 N–H and O–H groups in total. The summed E-state index contributed by atoms with van der Waals surface area (Å²) in [6, 6.07) is 2.12. The van der Waals surface area contributed by atoms with Gasteiger partial charge in [0, 0.05) is 10.3 Å². The van der Waals surface area contributed by atoms with E-state index in [2.05, 4.69) is 24.4 Å². The van der Waals surface area contributed by atoms with E-state index in [4.69, 9.17) is 0 Å². The van der Waals surface area contributed by atoms with E-state index in [1.54, 1.807) is 11.3 Å². The monoisotopic (exact) mass is 286 g/mol. The van der Waals surface area contributed by atoms with Crippen molar-refractivity contribution >= 4 is 23.2 Å². The quantitative estimate of drug-likeness (QED) is 0.726. The van der Waals surface area contributed by atoms with Crippen LogP contribution < -0.4 is 0 Å². The van der Waals surface area contributed by atoms with Gasteiger partial charge in [-0.1, -0.05) is 0 Å². The second-order valence-electron chi connectivity index (χ2n) is 7.36. The summed E-state index contributed by atoms with van der Waals surface area (Å²) in [4.78, 5) is 14.1. The largest absolute Gasteiger partial charge is 0.294 e. The molecule has 1 aromatic rings. The Hall–Kier alpha value is -0.890. The fourth-order valence-corrected chi connectivity index (χ4v) is 6.12. The van der Waals surface area contributed by atoms with Crippen LogP contribution in [0.1, 0.15) is 49.0 Å². The van der Waals surface area contributed by atoms with Gasteiger partial charge in [0.15, 0.2) is 5.78 Å². The number of carbonyl (C=O) groups excluding carboxylic acids is 1. The minimum atomic E-state index is 0.0242. The molecule has 0 spiro atoms. The predicted molar refractivity (Wildman–Crippen MR) is 83.7 cm³/mol. The van der Waals surface area contributed by atoms with Crippen LogP contribution in [0, 0.1) is 30.1 Å². The highest BCUT2D eigenvalue weighted by Crippen LogP contribution is 2.60. The van der Waals surface area contributed by atoms with Crippen molar-refractivity contribution in [2.45, 2.75) is 45.4 Å². The number of allylic oxidation sites excluding steroid dienone is 1. The molecule has 0 saturated heterocycles. The molecule has 2 heteroatoms. The fourth-order valence-electron chi connectivity index (χ4n) is 5.30. The van der Waals surface area contributed by atoms with Crippen LogP contribution in [0.4, 0.5) is 0 Å². The van der Waals surface area contributed by atoms with Gasteiger partial charge >= 0.3 is 0 Å². The zero-order valence-electron chi connectivity index (χ0n) is 12.1. The topological polar surface area (TPSA) is 17.1 Å². The molecule has 4 aliphatic rings. The van der Waals surface area contributed by atoms with Crippen LogP contribution in [-0.2, 0) is 4.79 Å². The smallest absolute Gasteiger partial charge is 0.161 e. The first kappa shape index (κ1) is 12.8. The minimum Gasteiger partial charge on any atom is -0.294 e. The Morgan fingerprint density at radius 2 is 1.80 bits per heavy atom. The van der Waals surface area contributed by atoms with Gasteiger partial charge in [0.2, 0.25) is 0 Å². The minimum absolute atomic E-state index is 0.0242. The maximum Gasteiger partial charge on any atom is 0.161 e. The lowest BCUT2D eigenvalue weighted by atomic mass is 9.48. The van der Waals surface area contributed by atoms with Crippen molar-refractivity contribution in [1.82, 2.24) is 0 Å². The summed E-state index contributed by atoms with van der Waals surface area (Å²) >= 11 is 1.73. The Bertz CT molecular complexity index is 530. The molecular weight excluding hydrogens is 264 g/mol. The van der Waals surface area contributed by atoms with Crippen LogP contribution >= 0.6 is 11.3 Å². The molecule has 0 aromatic carbocycles.